The van der Waals surface area contributed by atoms with E-state index in [2.05, 4.69) is 4.98 Å². The van der Waals surface area contributed by atoms with Crippen LogP contribution in [0.1, 0.15) is 25.6 Å². The fourth-order valence-corrected chi connectivity index (χ4v) is 2.39. The maximum atomic E-state index is 12.0. The van der Waals surface area contributed by atoms with Gasteiger partial charge in [-0.3, -0.25) is 4.79 Å². The molecule has 2 rings (SSSR count). The molecule has 0 radical (unpaired) electrons. The Hall–Kier alpha value is -1.89. The number of carboxylic acids is 1. The number of carboxylic acid groups (broad SMARTS) is 1. The number of hydrogen-bond donors (Lipinski definition) is 1. The van der Waals surface area contributed by atoms with Gasteiger partial charge in [-0.15, -0.1) is 0 Å². The number of carbonyl (C=O) groups is 2. The Labute approximate surface area is 110 Å². The minimum Gasteiger partial charge on any atom is -0.479 e. The van der Waals surface area contributed by atoms with Crippen LogP contribution in [0.15, 0.2) is 12.5 Å². The number of amides is 1. The van der Waals surface area contributed by atoms with E-state index in [0.29, 0.717) is 5.69 Å². The van der Waals surface area contributed by atoms with Gasteiger partial charge in [0.05, 0.1) is 18.2 Å². The van der Waals surface area contributed by atoms with Gasteiger partial charge in [-0.25, -0.2) is 9.78 Å². The molecule has 2 unspecified atom stereocenters. The summed E-state index contributed by atoms with van der Waals surface area (Å²) in [5.74, 6) is -1.29. The van der Waals surface area contributed by atoms with Crippen molar-refractivity contribution >= 4 is 11.9 Å². The number of carbonyl (C=O) groups excluding carboxylic acids is 1. The van der Waals surface area contributed by atoms with Crippen molar-refractivity contribution in [2.45, 2.75) is 32.0 Å². The number of rotatable bonds is 3. The van der Waals surface area contributed by atoms with Crippen LogP contribution in [0.3, 0.4) is 0 Å². The average Bonchev–Trinajstić information content (AvgIpc) is 2.73. The lowest BCUT2D eigenvalue weighted by Gasteiger charge is -2.41. The molecule has 0 aliphatic carbocycles. The second-order valence-corrected chi connectivity index (χ2v) is 4.84. The molecular weight excluding hydrogens is 250 g/mol. The van der Waals surface area contributed by atoms with Gasteiger partial charge in [0, 0.05) is 13.1 Å². The van der Waals surface area contributed by atoms with Gasteiger partial charge in [0.2, 0.25) is 5.91 Å². The molecule has 0 bridgehead atoms. The first-order valence-electron chi connectivity index (χ1n) is 6.05. The summed E-state index contributed by atoms with van der Waals surface area (Å²) in [6.45, 7) is 3.50. The number of nitrogens with zero attached hydrogens (tertiary/aromatic N) is 3. The Balaban J connectivity index is 2.47. The maximum Gasteiger partial charge on any atom is 0.335 e. The van der Waals surface area contributed by atoms with Crippen molar-refractivity contribution in [3.8, 4) is 0 Å². The third-order valence-corrected chi connectivity index (χ3v) is 3.22. The summed E-state index contributed by atoms with van der Waals surface area (Å²) in [6.07, 6.45) is 2.07. The monoisotopic (exact) mass is 267 g/mol. The molecule has 2 atom stereocenters. The Morgan fingerprint density at radius 1 is 1.58 bits per heavy atom. The number of ether oxygens (including phenoxy) is 1. The predicted octanol–water partition coefficient (Wildman–Crippen LogP) is 0.182. The highest BCUT2D eigenvalue weighted by atomic mass is 16.5. The van der Waals surface area contributed by atoms with E-state index in [4.69, 9.17) is 4.74 Å². The van der Waals surface area contributed by atoms with Crippen molar-refractivity contribution in [2.75, 3.05) is 6.61 Å². The fraction of sp³-hybridized carbons (Fsp3) is 0.583. The molecular formula is C12H17N3O4. The number of aromatic nitrogens is 2. The van der Waals surface area contributed by atoms with Crippen LogP contribution in [0, 0.1) is 0 Å². The van der Waals surface area contributed by atoms with Crippen LogP contribution in [-0.4, -0.2) is 50.2 Å². The van der Waals surface area contributed by atoms with Crippen molar-refractivity contribution < 1.29 is 19.4 Å². The van der Waals surface area contributed by atoms with Crippen LogP contribution in [0.5, 0.6) is 0 Å². The second-order valence-electron chi connectivity index (χ2n) is 4.84. The van der Waals surface area contributed by atoms with E-state index in [1.54, 1.807) is 29.0 Å². The van der Waals surface area contributed by atoms with Crippen molar-refractivity contribution in [1.29, 1.82) is 0 Å². The molecule has 1 amide bonds. The minimum absolute atomic E-state index is 0.113. The summed E-state index contributed by atoms with van der Waals surface area (Å²) in [5, 5.41) is 9.29. The Morgan fingerprint density at radius 3 is 2.74 bits per heavy atom. The lowest BCUT2D eigenvalue weighted by Crippen LogP contribution is -2.54. The van der Waals surface area contributed by atoms with E-state index in [1.165, 1.54) is 0 Å². The Bertz CT molecular complexity index is 497. The summed E-state index contributed by atoms with van der Waals surface area (Å²) in [6, 6.07) is -0.774. The molecule has 2 heterocycles. The number of hydrogen-bond acceptors (Lipinski definition) is 4. The van der Waals surface area contributed by atoms with E-state index in [1.807, 2.05) is 13.8 Å². The molecule has 1 N–H and O–H groups in total. The maximum absolute atomic E-state index is 12.0. The van der Waals surface area contributed by atoms with Crippen molar-refractivity contribution in [1.82, 2.24) is 14.5 Å². The molecule has 1 aromatic heterocycles. The summed E-state index contributed by atoms with van der Waals surface area (Å²) in [7, 11) is 1.76. The minimum atomic E-state index is -1.08. The van der Waals surface area contributed by atoms with Gasteiger partial charge in [0.1, 0.15) is 12.6 Å². The molecule has 0 aromatic carbocycles. The molecule has 1 aromatic rings. The van der Waals surface area contributed by atoms with Gasteiger partial charge in [-0.2, -0.15) is 0 Å². The van der Waals surface area contributed by atoms with Crippen LogP contribution in [0.4, 0.5) is 0 Å². The first kappa shape index (κ1) is 13.5. The highest BCUT2D eigenvalue weighted by molar-refractivity contribution is 5.83. The molecule has 1 fully saturated rings. The molecule has 0 saturated carbocycles. The third kappa shape index (κ3) is 2.33. The average molecular weight is 267 g/mol. The highest BCUT2D eigenvalue weighted by Crippen LogP contribution is 2.31. The molecule has 0 spiro atoms. The topological polar surface area (TPSA) is 84.7 Å². The van der Waals surface area contributed by atoms with E-state index in [0.717, 1.165) is 0 Å². The van der Waals surface area contributed by atoms with Gasteiger partial charge >= 0.3 is 5.97 Å². The van der Waals surface area contributed by atoms with Crippen LogP contribution >= 0.6 is 0 Å². The molecule has 1 saturated heterocycles. The van der Waals surface area contributed by atoms with Gasteiger partial charge in [-0.1, -0.05) is 0 Å². The standard InChI is InChI=1S/C12H17N3O4/c1-7(2)15-9(16)5-19-11(12(17)18)10(15)8-4-13-6-14(8)3/h4,6-7,10-11H,5H2,1-3H3,(H,17,18). The van der Waals surface area contributed by atoms with Crippen LogP contribution in [-0.2, 0) is 21.4 Å². The predicted molar refractivity (Wildman–Crippen MR) is 65.3 cm³/mol. The van der Waals surface area contributed by atoms with Crippen molar-refractivity contribution in [3.63, 3.8) is 0 Å². The molecule has 1 aliphatic heterocycles. The zero-order valence-corrected chi connectivity index (χ0v) is 11.1. The van der Waals surface area contributed by atoms with E-state index < -0.39 is 18.1 Å². The molecule has 1 aliphatic rings. The summed E-state index contributed by atoms with van der Waals surface area (Å²) in [4.78, 5) is 28.9. The largest absolute Gasteiger partial charge is 0.479 e. The first-order valence-corrected chi connectivity index (χ1v) is 6.05. The second kappa shape index (κ2) is 5.00. The smallest absolute Gasteiger partial charge is 0.335 e. The zero-order valence-electron chi connectivity index (χ0n) is 11.1. The van der Waals surface area contributed by atoms with Gasteiger partial charge in [0.15, 0.2) is 6.10 Å². The highest BCUT2D eigenvalue weighted by Gasteiger charge is 2.44. The number of aryl methyl sites for hydroxylation is 1. The Morgan fingerprint density at radius 2 is 2.26 bits per heavy atom. The van der Waals surface area contributed by atoms with Crippen LogP contribution in [0.2, 0.25) is 0 Å². The summed E-state index contributed by atoms with van der Waals surface area (Å²) in [5.41, 5.74) is 0.647. The molecule has 19 heavy (non-hydrogen) atoms. The number of imidazole rings is 1. The lowest BCUT2D eigenvalue weighted by atomic mass is 10.0. The summed E-state index contributed by atoms with van der Waals surface area (Å²) >= 11 is 0. The van der Waals surface area contributed by atoms with Gasteiger partial charge < -0.3 is 19.3 Å². The number of aliphatic carboxylic acids is 1. The lowest BCUT2D eigenvalue weighted by molar-refractivity contribution is -0.175. The zero-order chi connectivity index (χ0) is 14.2. The molecule has 7 heteroatoms. The normalized spacial score (nSPS) is 24.0. The molecule has 7 nitrogen and oxygen atoms in total. The van der Waals surface area contributed by atoms with E-state index in [-0.39, 0.29) is 18.6 Å². The van der Waals surface area contributed by atoms with Gasteiger partial charge in [-0.05, 0) is 13.8 Å². The number of morpholine rings is 1. The van der Waals surface area contributed by atoms with Crippen molar-refractivity contribution in [3.05, 3.63) is 18.2 Å². The van der Waals surface area contributed by atoms with E-state index in [9.17, 15) is 14.7 Å². The quantitative estimate of drug-likeness (QED) is 0.844. The van der Waals surface area contributed by atoms with Gasteiger partial charge in [0.25, 0.3) is 0 Å². The first-order chi connectivity index (χ1) is 8.93. The van der Waals surface area contributed by atoms with Crippen LogP contribution < -0.4 is 0 Å². The summed E-state index contributed by atoms with van der Waals surface area (Å²) < 4.78 is 6.90. The third-order valence-electron chi connectivity index (χ3n) is 3.22. The SMILES string of the molecule is CC(C)N1C(=O)COC(C(=O)O)C1c1cncn1C. The fourth-order valence-electron chi connectivity index (χ4n) is 2.39. The Kier molecular flexibility index (Phi) is 3.57. The van der Waals surface area contributed by atoms with Crippen molar-refractivity contribution in [2.24, 2.45) is 7.05 Å². The molecule has 104 valence electrons. The van der Waals surface area contributed by atoms with E-state index >= 15 is 0 Å². The van der Waals surface area contributed by atoms with Crippen LogP contribution in [0.25, 0.3) is 0 Å².